The minimum absolute atomic E-state index is 0.169. The molecule has 128 valence electrons. The number of amides is 2. The number of furan rings is 1. The van der Waals surface area contributed by atoms with E-state index in [1.165, 1.54) is 0 Å². The summed E-state index contributed by atoms with van der Waals surface area (Å²) in [5.41, 5.74) is 7.12. The van der Waals surface area contributed by atoms with Crippen molar-refractivity contribution >= 4 is 33.7 Å². The molecule has 2 amide bonds. The summed E-state index contributed by atoms with van der Waals surface area (Å²) in [5.74, 6) is -0.792. The number of nitrogens with one attached hydrogen (secondary N) is 2. The Morgan fingerprint density at radius 2 is 1.69 bits per heavy atom. The van der Waals surface area contributed by atoms with E-state index in [0.29, 0.717) is 16.7 Å². The summed E-state index contributed by atoms with van der Waals surface area (Å²) >= 11 is 0. The van der Waals surface area contributed by atoms with Gasteiger partial charge in [0.15, 0.2) is 5.76 Å². The Labute approximate surface area is 148 Å². The van der Waals surface area contributed by atoms with E-state index in [4.69, 9.17) is 4.42 Å². The van der Waals surface area contributed by atoms with Gasteiger partial charge in [-0.15, -0.1) is 0 Å². The van der Waals surface area contributed by atoms with Gasteiger partial charge < -0.3 is 4.42 Å². The molecule has 2 aromatic heterocycles. The van der Waals surface area contributed by atoms with Gasteiger partial charge in [-0.25, -0.2) is 0 Å². The molecule has 0 aliphatic carbocycles. The summed E-state index contributed by atoms with van der Waals surface area (Å²) in [6.45, 7) is 1.80. The first-order chi connectivity index (χ1) is 12.6. The number of rotatable bonds is 2. The van der Waals surface area contributed by atoms with Crippen molar-refractivity contribution in [2.45, 2.75) is 6.92 Å². The fourth-order valence-corrected chi connectivity index (χ4v) is 2.92. The standard InChI is InChI=1S/C20H15N3O3/c1-12-14-8-2-3-10-16(14)26-18(12)20(25)23-22-19(24)15-9-4-6-13-7-5-11-21-17(13)15/h2-11H,1H3,(H,22,24)(H,23,25). The van der Waals surface area contributed by atoms with Crippen molar-refractivity contribution in [2.75, 3.05) is 0 Å². The van der Waals surface area contributed by atoms with Crippen LogP contribution in [0.3, 0.4) is 0 Å². The first kappa shape index (κ1) is 15.8. The molecule has 4 aromatic rings. The molecule has 0 bridgehead atoms. The average Bonchev–Trinajstić information content (AvgIpc) is 3.02. The van der Waals surface area contributed by atoms with Crippen LogP contribution in [0.25, 0.3) is 21.9 Å². The van der Waals surface area contributed by atoms with Crippen LogP contribution in [0.5, 0.6) is 0 Å². The van der Waals surface area contributed by atoms with Crippen LogP contribution in [0.4, 0.5) is 0 Å². The Bertz CT molecular complexity index is 1140. The Balaban J connectivity index is 1.55. The van der Waals surface area contributed by atoms with Crippen molar-refractivity contribution in [3.63, 3.8) is 0 Å². The number of aromatic nitrogens is 1. The van der Waals surface area contributed by atoms with Gasteiger partial charge in [0.2, 0.25) is 0 Å². The monoisotopic (exact) mass is 345 g/mol. The summed E-state index contributed by atoms with van der Waals surface area (Å²) in [4.78, 5) is 29.1. The predicted octanol–water partition coefficient (Wildman–Crippen LogP) is 3.36. The molecule has 2 N–H and O–H groups in total. The topological polar surface area (TPSA) is 84.2 Å². The number of nitrogens with zero attached hydrogens (tertiary/aromatic N) is 1. The minimum Gasteiger partial charge on any atom is -0.451 e. The third kappa shape index (κ3) is 2.67. The second-order valence-electron chi connectivity index (χ2n) is 5.84. The number of benzene rings is 2. The lowest BCUT2D eigenvalue weighted by Crippen LogP contribution is -2.41. The summed E-state index contributed by atoms with van der Waals surface area (Å²) < 4.78 is 5.59. The molecule has 0 saturated carbocycles. The number of aryl methyl sites for hydroxylation is 1. The molecule has 0 atom stereocenters. The molecule has 0 unspecified atom stereocenters. The normalized spacial score (nSPS) is 10.8. The molecule has 6 heteroatoms. The van der Waals surface area contributed by atoms with Crippen LogP contribution < -0.4 is 10.9 Å². The number of hydrazine groups is 1. The zero-order valence-electron chi connectivity index (χ0n) is 13.9. The fourth-order valence-electron chi connectivity index (χ4n) is 2.92. The highest BCUT2D eigenvalue weighted by atomic mass is 16.3. The number of para-hydroxylation sites is 2. The third-order valence-electron chi connectivity index (χ3n) is 4.22. The van der Waals surface area contributed by atoms with Crippen LogP contribution in [-0.4, -0.2) is 16.8 Å². The molecule has 0 radical (unpaired) electrons. The lowest BCUT2D eigenvalue weighted by molar-refractivity contribution is 0.0832. The average molecular weight is 345 g/mol. The van der Waals surface area contributed by atoms with Gasteiger partial charge in [0, 0.05) is 22.5 Å². The summed E-state index contributed by atoms with van der Waals surface area (Å²) in [6, 6.07) is 16.4. The summed E-state index contributed by atoms with van der Waals surface area (Å²) in [5, 5.41) is 1.71. The van der Waals surface area contributed by atoms with Gasteiger partial charge in [-0.1, -0.05) is 36.4 Å². The van der Waals surface area contributed by atoms with Crippen molar-refractivity contribution in [3.8, 4) is 0 Å². The third-order valence-corrected chi connectivity index (χ3v) is 4.22. The molecule has 0 aliphatic rings. The quantitative estimate of drug-likeness (QED) is 0.546. The van der Waals surface area contributed by atoms with Gasteiger partial charge in [0.05, 0.1) is 11.1 Å². The molecule has 0 spiro atoms. The Hall–Kier alpha value is -3.67. The molecular weight excluding hydrogens is 330 g/mol. The van der Waals surface area contributed by atoms with Crippen LogP contribution in [0, 0.1) is 6.92 Å². The van der Waals surface area contributed by atoms with Crippen molar-refractivity contribution in [3.05, 3.63) is 77.7 Å². The zero-order chi connectivity index (χ0) is 18.1. The van der Waals surface area contributed by atoms with Crippen LogP contribution >= 0.6 is 0 Å². The van der Waals surface area contributed by atoms with Crippen molar-refractivity contribution in [2.24, 2.45) is 0 Å². The molecule has 26 heavy (non-hydrogen) atoms. The maximum atomic E-state index is 12.5. The molecule has 2 aromatic carbocycles. The lowest BCUT2D eigenvalue weighted by atomic mass is 10.1. The molecule has 2 heterocycles. The van der Waals surface area contributed by atoms with Gasteiger partial charge in [-0.05, 0) is 25.1 Å². The van der Waals surface area contributed by atoms with E-state index >= 15 is 0 Å². The highest BCUT2D eigenvalue weighted by Gasteiger charge is 2.18. The highest BCUT2D eigenvalue weighted by molar-refractivity contribution is 6.07. The first-order valence-electron chi connectivity index (χ1n) is 8.08. The molecule has 0 fully saturated rings. The smallest absolute Gasteiger partial charge is 0.305 e. The van der Waals surface area contributed by atoms with E-state index in [1.54, 1.807) is 37.4 Å². The fraction of sp³-hybridized carbons (Fsp3) is 0.0500. The van der Waals surface area contributed by atoms with Crippen LogP contribution in [0.1, 0.15) is 26.5 Å². The molecule has 4 rings (SSSR count). The van der Waals surface area contributed by atoms with Crippen molar-refractivity contribution < 1.29 is 14.0 Å². The Kier molecular flexibility index (Phi) is 3.85. The molecule has 6 nitrogen and oxygen atoms in total. The molecule has 0 saturated heterocycles. The number of fused-ring (bicyclic) bond motifs is 2. The maximum absolute atomic E-state index is 12.5. The van der Waals surface area contributed by atoms with Gasteiger partial charge in [0.25, 0.3) is 5.91 Å². The number of carbonyl (C=O) groups is 2. The van der Waals surface area contributed by atoms with Gasteiger partial charge in [-0.3, -0.25) is 25.4 Å². The number of hydrogen-bond acceptors (Lipinski definition) is 4. The van der Waals surface area contributed by atoms with Crippen LogP contribution in [0.2, 0.25) is 0 Å². The van der Waals surface area contributed by atoms with Gasteiger partial charge >= 0.3 is 5.91 Å². The maximum Gasteiger partial charge on any atom is 0.305 e. The minimum atomic E-state index is -0.514. The summed E-state index contributed by atoms with van der Waals surface area (Å²) in [7, 11) is 0. The number of carbonyl (C=O) groups excluding carboxylic acids is 2. The second kappa shape index (κ2) is 6.33. The van der Waals surface area contributed by atoms with E-state index in [0.717, 1.165) is 16.3 Å². The van der Waals surface area contributed by atoms with Crippen LogP contribution in [-0.2, 0) is 0 Å². The van der Waals surface area contributed by atoms with E-state index in [-0.39, 0.29) is 5.76 Å². The van der Waals surface area contributed by atoms with Gasteiger partial charge in [0.1, 0.15) is 5.58 Å². The largest absolute Gasteiger partial charge is 0.451 e. The second-order valence-corrected chi connectivity index (χ2v) is 5.84. The van der Waals surface area contributed by atoms with Gasteiger partial charge in [-0.2, -0.15) is 0 Å². The van der Waals surface area contributed by atoms with Crippen molar-refractivity contribution in [1.82, 2.24) is 15.8 Å². The summed E-state index contributed by atoms with van der Waals surface area (Å²) in [6.07, 6.45) is 1.62. The Morgan fingerprint density at radius 1 is 0.923 bits per heavy atom. The van der Waals surface area contributed by atoms with Crippen LogP contribution in [0.15, 0.2) is 65.2 Å². The first-order valence-corrected chi connectivity index (χ1v) is 8.08. The van der Waals surface area contributed by atoms with Crippen molar-refractivity contribution in [1.29, 1.82) is 0 Å². The Morgan fingerprint density at radius 3 is 2.54 bits per heavy atom. The number of hydrogen-bond donors (Lipinski definition) is 2. The van der Waals surface area contributed by atoms with E-state index < -0.39 is 11.8 Å². The highest BCUT2D eigenvalue weighted by Crippen LogP contribution is 2.24. The van der Waals surface area contributed by atoms with E-state index in [2.05, 4.69) is 15.8 Å². The van der Waals surface area contributed by atoms with E-state index in [9.17, 15) is 9.59 Å². The zero-order valence-corrected chi connectivity index (χ0v) is 13.9. The predicted molar refractivity (Wildman–Crippen MR) is 97.6 cm³/mol. The lowest BCUT2D eigenvalue weighted by Gasteiger charge is -2.08. The number of pyridine rings is 1. The van der Waals surface area contributed by atoms with E-state index in [1.807, 2.05) is 30.3 Å². The molecule has 0 aliphatic heterocycles. The SMILES string of the molecule is Cc1c(C(=O)NNC(=O)c2cccc3cccnc23)oc2ccccc12. The molecular formula is C20H15N3O3.